The van der Waals surface area contributed by atoms with Gasteiger partial charge in [-0.25, -0.2) is 4.39 Å². The molecule has 4 nitrogen and oxygen atoms in total. The molecule has 0 bridgehead atoms. The Morgan fingerprint density at radius 3 is 2.43 bits per heavy atom. The van der Waals surface area contributed by atoms with Gasteiger partial charge in [-0.3, -0.25) is 4.79 Å². The zero-order chi connectivity index (χ0) is 25.6. The van der Waals surface area contributed by atoms with Crippen LogP contribution in [0.3, 0.4) is 0 Å². The van der Waals surface area contributed by atoms with E-state index in [9.17, 15) is 9.18 Å². The van der Waals surface area contributed by atoms with Crippen LogP contribution in [0.5, 0.6) is 0 Å². The Bertz CT molecular complexity index is 1320. The summed E-state index contributed by atoms with van der Waals surface area (Å²) in [5.41, 5.74) is 5.65. The van der Waals surface area contributed by atoms with Gasteiger partial charge in [0.05, 0.1) is 0 Å². The summed E-state index contributed by atoms with van der Waals surface area (Å²) < 4.78 is 16.1. The van der Waals surface area contributed by atoms with Crippen molar-refractivity contribution in [3.8, 4) is 0 Å². The number of hydrogen-bond acceptors (Lipinski definition) is 2. The molecule has 37 heavy (non-hydrogen) atoms. The molecule has 5 heteroatoms. The number of nitrogens with zero attached hydrogens (tertiary/aromatic N) is 2. The third-order valence-electron chi connectivity index (χ3n) is 7.53. The van der Waals surface area contributed by atoms with Gasteiger partial charge >= 0.3 is 0 Å². The van der Waals surface area contributed by atoms with Crippen molar-refractivity contribution in [1.82, 2.24) is 14.8 Å². The van der Waals surface area contributed by atoms with Crippen LogP contribution >= 0.6 is 0 Å². The number of likely N-dealkylation sites (tertiary alicyclic amines) is 1. The normalized spacial score (nSPS) is 15.1. The van der Waals surface area contributed by atoms with Gasteiger partial charge in [-0.15, -0.1) is 0 Å². The number of benzene rings is 3. The lowest BCUT2D eigenvalue weighted by Gasteiger charge is -2.26. The molecule has 0 spiro atoms. The number of aryl methyl sites for hydroxylation is 1. The summed E-state index contributed by atoms with van der Waals surface area (Å²) in [6.07, 6.45) is 6.30. The minimum absolute atomic E-state index is 0.0294. The number of rotatable bonds is 9. The highest BCUT2D eigenvalue weighted by Gasteiger charge is 2.23. The molecule has 1 unspecified atom stereocenters. The monoisotopic (exact) mass is 497 g/mol. The molecule has 4 aromatic rings. The first-order valence-electron chi connectivity index (χ1n) is 13.4. The summed E-state index contributed by atoms with van der Waals surface area (Å²) >= 11 is 0. The molecule has 3 aromatic carbocycles. The molecule has 2 heterocycles. The summed E-state index contributed by atoms with van der Waals surface area (Å²) in [7, 11) is 0. The number of aromatic nitrogens is 1. The Balaban J connectivity index is 1.41. The van der Waals surface area contributed by atoms with Crippen molar-refractivity contribution in [1.29, 1.82) is 0 Å². The van der Waals surface area contributed by atoms with E-state index in [4.69, 9.17) is 0 Å². The van der Waals surface area contributed by atoms with E-state index in [0.717, 1.165) is 48.2 Å². The average Bonchev–Trinajstić information content (AvgIpc) is 3.28. The molecule has 192 valence electrons. The lowest BCUT2D eigenvalue weighted by molar-refractivity contribution is -0.121. The molecule has 0 aliphatic carbocycles. The maximum absolute atomic E-state index is 13.8. The van der Waals surface area contributed by atoms with E-state index in [0.29, 0.717) is 13.0 Å². The summed E-state index contributed by atoms with van der Waals surface area (Å²) in [5.74, 6) is -0.406. The lowest BCUT2D eigenvalue weighted by Crippen LogP contribution is -2.38. The van der Waals surface area contributed by atoms with Crippen molar-refractivity contribution in [3.63, 3.8) is 0 Å². The summed E-state index contributed by atoms with van der Waals surface area (Å²) in [4.78, 5) is 15.6. The molecule has 5 rings (SSSR count). The second-order valence-electron chi connectivity index (χ2n) is 10.3. The number of halogens is 1. The summed E-state index contributed by atoms with van der Waals surface area (Å²) in [6.45, 7) is 6.63. The SMILES string of the molecule is Cc1ccc(Cn2cc(C(CC(=O)NCCN3CCCCC3)c3ccc(F)cc3)c3ccccc32)cc1. The molecule has 1 atom stereocenters. The van der Waals surface area contributed by atoms with Gasteiger partial charge < -0.3 is 14.8 Å². The van der Waals surface area contributed by atoms with Crippen molar-refractivity contribution >= 4 is 16.8 Å². The van der Waals surface area contributed by atoms with Crippen LogP contribution in [-0.2, 0) is 11.3 Å². The van der Waals surface area contributed by atoms with Gasteiger partial charge in [-0.1, -0.05) is 66.6 Å². The highest BCUT2D eigenvalue weighted by molar-refractivity contribution is 5.86. The van der Waals surface area contributed by atoms with Crippen LogP contribution in [-0.4, -0.2) is 41.6 Å². The van der Waals surface area contributed by atoms with Crippen LogP contribution in [0.4, 0.5) is 4.39 Å². The molecule has 1 aromatic heterocycles. The van der Waals surface area contributed by atoms with Gasteiger partial charge in [0.1, 0.15) is 5.82 Å². The largest absolute Gasteiger partial charge is 0.355 e. The minimum atomic E-state index is -0.268. The Morgan fingerprint density at radius 2 is 1.68 bits per heavy atom. The average molecular weight is 498 g/mol. The molecule has 0 saturated carbocycles. The molecule has 0 radical (unpaired) electrons. The predicted molar refractivity (Wildman–Crippen MR) is 148 cm³/mol. The van der Waals surface area contributed by atoms with Crippen LogP contribution in [0.25, 0.3) is 10.9 Å². The second kappa shape index (κ2) is 11.7. The Morgan fingerprint density at radius 1 is 0.946 bits per heavy atom. The maximum atomic E-state index is 13.8. The zero-order valence-electron chi connectivity index (χ0n) is 21.6. The third kappa shape index (κ3) is 6.28. The van der Waals surface area contributed by atoms with E-state index in [2.05, 4.69) is 70.4 Å². The van der Waals surface area contributed by atoms with Gasteiger partial charge in [-0.2, -0.15) is 0 Å². The van der Waals surface area contributed by atoms with Crippen LogP contribution in [0.15, 0.2) is 79.0 Å². The fraction of sp³-hybridized carbons (Fsp3) is 0.344. The van der Waals surface area contributed by atoms with Gasteiger partial charge in [0.15, 0.2) is 0 Å². The number of piperidine rings is 1. The fourth-order valence-corrected chi connectivity index (χ4v) is 5.47. The van der Waals surface area contributed by atoms with Crippen molar-refractivity contribution < 1.29 is 9.18 Å². The van der Waals surface area contributed by atoms with Crippen molar-refractivity contribution in [2.24, 2.45) is 0 Å². The van der Waals surface area contributed by atoms with E-state index in [1.165, 1.54) is 42.5 Å². The second-order valence-corrected chi connectivity index (χ2v) is 10.3. The molecule has 1 amide bonds. The van der Waals surface area contributed by atoms with E-state index in [-0.39, 0.29) is 17.6 Å². The van der Waals surface area contributed by atoms with Crippen molar-refractivity contribution in [2.75, 3.05) is 26.2 Å². The summed E-state index contributed by atoms with van der Waals surface area (Å²) in [5, 5.41) is 4.28. The van der Waals surface area contributed by atoms with Crippen LogP contribution in [0, 0.1) is 12.7 Å². The first kappa shape index (κ1) is 25.2. The van der Waals surface area contributed by atoms with Gasteiger partial charge in [0.2, 0.25) is 5.91 Å². The first-order valence-corrected chi connectivity index (χ1v) is 13.4. The standard InChI is InChI=1S/C32H36FN3O/c1-24-9-11-25(12-10-24)22-36-23-30(28-7-3-4-8-31(28)36)29(26-13-15-27(33)16-14-26)21-32(37)34-17-20-35-18-5-2-6-19-35/h3-4,7-16,23,29H,2,5-6,17-22H2,1H3,(H,34,37). The number of fused-ring (bicyclic) bond motifs is 1. The predicted octanol–water partition coefficient (Wildman–Crippen LogP) is 6.26. The number of hydrogen-bond donors (Lipinski definition) is 1. The highest BCUT2D eigenvalue weighted by atomic mass is 19.1. The first-order chi connectivity index (χ1) is 18.1. The Kier molecular flexibility index (Phi) is 8.00. The van der Waals surface area contributed by atoms with Gasteiger partial charge in [0, 0.05) is 49.1 Å². The maximum Gasteiger partial charge on any atom is 0.220 e. The number of amides is 1. The molecule has 1 aliphatic heterocycles. The Hall–Kier alpha value is -3.44. The number of carbonyl (C=O) groups is 1. The van der Waals surface area contributed by atoms with E-state index < -0.39 is 0 Å². The summed E-state index contributed by atoms with van der Waals surface area (Å²) in [6, 6.07) is 23.6. The minimum Gasteiger partial charge on any atom is -0.355 e. The van der Waals surface area contributed by atoms with Crippen LogP contribution < -0.4 is 5.32 Å². The fourth-order valence-electron chi connectivity index (χ4n) is 5.47. The smallest absolute Gasteiger partial charge is 0.220 e. The molecule has 1 N–H and O–H groups in total. The molecular weight excluding hydrogens is 461 g/mol. The Labute approximate surface area is 219 Å². The molecule has 1 fully saturated rings. The van der Waals surface area contributed by atoms with Crippen molar-refractivity contribution in [2.45, 2.75) is 45.1 Å². The molecular formula is C32H36FN3O. The van der Waals surface area contributed by atoms with Crippen molar-refractivity contribution in [3.05, 3.63) is 107 Å². The van der Waals surface area contributed by atoms with Crippen LogP contribution in [0.2, 0.25) is 0 Å². The number of nitrogens with one attached hydrogen (secondary N) is 1. The van der Waals surface area contributed by atoms with E-state index in [1.54, 1.807) is 0 Å². The topological polar surface area (TPSA) is 37.3 Å². The van der Waals surface area contributed by atoms with E-state index in [1.807, 2.05) is 18.2 Å². The number of carbonyl (C=O) groups excluding carboxylic acids is 1. The lowest BCUT2D eigenvalue weighted by atomic mass is 9.88. The van der Waals surface area contributed by atoms with E-state index >= 15 is 0 Å². The van der Waals surface area contributed by atoms with Crippen LogP contribution in [0.1, 0.15) is 53.9 Å². The quantitative estimate of drug-likeness (QED) is 0.296. The van der Waals surface area contributed by atoms with Gasteiger partial charge in [-0.05, 0) is 67.7 Å². The molecule has 1 saturated heterocycles. The third-order valence-corrected chi connectivity index (χ3v) is 7.53. The van der Waals surface area contributed by atoms with Gasteiger partial charge in [0.25, 0.3) is 0 Å². The molecule has 1 aliphatic rings. The number of para-hydroxylation sites is 1. The highest BCUT2D eigenvalue weighted by Crippen LogP contribution is 2.35. The zero-order valence-corrected chi connectivity index (χ0v) is 21.6.